The summed E-state index contributed by atoms with van der Waals surface area (Å²) in [5.41, 5.74) is -0.296. The molecule has 2 rings (SSSR count). The van der Waals surface area contributed by atoms with E-state index in [0.717, 1.165) is 12.1 Å². The SMILES string of the molecule is CCC(Oc1ccc(F)cc1F)SCc1n[nH]c(=S)o1. The van der Waals surface area contributed by atoms with Crippen molar-refractivity contribution in [1.29, 1.82) is 0 Å². The van der Waals surface area contributed by atoms with Gasteiger partial charge in [-0.1, -0.05) is 6.92 Å². The lowest BCUT2D eigenvalue weighted by molar-refractivity contribution is 0.269. The highest BCUT2D eigenvalue weighted by Crippen LogP contribution is 2.26. The van der Waals surface area contributed by atoms with Gasteiger partial charge < -0.3 is 9.15 Å². The van der Waals surface area contributed by atoms with E-state index in [1.54, 1.807) is 0 Å². The van der Waals surface area contributed by atoms with Crippen molar-refractivity contribution in [3.63, 3.8) is 0 Å². The minimum atomic E-state index is -0.721. The van der Waals surface area contributed by atoms with Crippen molar-refractivity contribution in [2.45, 2.75) is 24.5 Å². The third kappa shape index (κ3) is 4.04. The number of nitrogens with one attached hydrogen (secondary N) is 1. The average molecular weight is 318 g/mol. The Bertz CT molecular complexity index is 630. The molecule has 1 heterocycles. The molecule has 0 aliphatic carbocycles. The molecule has 0 saturated heterocycles. The van der Waals surface area contributed by atoms with Gasteiger partial charge >= 0.3 is 0 Å². The quantitative estimate of drug-likeness (QED) is 0.643. The molecule has 0 fully saturated rings. The van der Waals surface area contributed by atoms with Gasteiger partial charge in [0.25, 0.3) is 4.84 Å². The summed E-state index contributed by atoms with van der Waals surface area (Å²) in [6.45, 7) is 1.90. The Labute approximate surface area is 123 Å². The summed E-state index contributed by atoms with van der Waals surface area (Å²) < 4.78 is 36.9. The predicted octanol–water partition coefficient (Wildman–Crippen LogP) is 4.06. The van der Waals surface area contributed by atoms with Crippen molar-refractivity contribution in [2.24, 2.45) is 0 Å². The maximum Gasteiger partial charge on any atom is 0.284 e. The molecular weight excluding hydrogens is 306 g/mol. The van der Waals surface area contributed by atoms with Crippen molar-refractivity contribution in [2.75, 3.05) is 0 Å². The molecule has 1 aromatic carbocycles. The molecule has 0 bridgehead atoms. The molecule has 1 atom stereocenters. The molecule has 0 radical (unpaired) electrons. The lowest BCUT2D eigenvalue weighted by atomic mass is 10.3. The molecule has 108 valence electrons. The fraction of sp³-hybridized carbons (Fsp3) is 0.333. The van der Waals surface area contributed by atoms with E-state index in [-0.39, 0.29) is 16.0 Å². The van der Waals surface area contributed by atoms with Crippen LogP contribution in [0.4, 0.5) is 8.78 Å². The van der Waals surface area contributed by atoms with Crippen LogP contribution in [0.1, 0.15) is 19.2 Å². The predicted molar refractivity (Wildman–Crippen MR) is 74.0 cm³/mol. The molecule has 0 saturated carbocycles. The van der Waals surface area contributed by atoms with Crippen LogP contribution in [0, 0.1) is 16.5 Å². The number of rotatable bonds is 6. The molecule has 4 nitrogen and oxygen atoms in total. The molecule has 1 aromatic heterocycles. The normalized spacial score (nSPS) is 12.3. The zero-order valence-corrected chi connectivity index (χ0v) is 12.2. The highest BCUT2D eigenvalue weighted by Gasteiger charge is 2.14. The first kappa shape index (κ1) is 15.0. The van der Waals surface area contributed by atoms with Crippen LogP contribution < -0.4 is 4.74 Å². The molecule has 8 heteroatoms. The fourth-order valence-corrected chi connectivity index (χ4v) is 2.44. The Morgan fingerprint density at radius 1 is 1.50 bits per heavy atom. The Kier molecular flexibility index (Phi) is 5.13. The Morgan fingerprint density at radius 2 is 2.30 bits per heavy atom. The zero-order valence-electron chi connectivity index (χ0n) is 10.6. The standard InChI is InChI=1S/C12H12F2N2O2S2/c1-2-11(20-6-10-15-16-12(19)18-10)17-9-4-3-7(13)5-8(9)14/h3-5,11H,2,6H2,1H3,(H,16,19). The van der Waals surface area contributed by atoms with Gasteiger partial charge in [-0.05, 0) is 30.8 Å². The number of benzene rings is 1. The van der Waals surface area contributed by atoms with Gasteiger partial charge in [0, 0.05) is 6.07 Å². The maximum absolute atomic E-state index is 13.5. The molecule has 1 unspecified atom stereocenters. The summed E-state index contributed by atoms with van der Waals surface area (Å²) in [5, 5.41) is 6.38. The Morgan fingerprint density at radius 3 is 2.90 bits per heavy atom. The van der Waals surface area contributed by atoms with Gasteiger partial charge in [0.1, 0.15) is 11.3 Å². The minimum Gasteiger partial charge on any atom is -0.477 e. The van der Waals surface area contributed by atoms with Crippen LogP contribution in [0.2, 0.25) is 0 Å². The van der Waals surface area contributed by atoms with Crippen LogP contribution in [0.25, 0.3) is 0 Å². The fourth-order valence-electron chi connectivity index (χ4n) is 1.43. The second kappa shape index (κ2) is 6.85. The van der Waals surface area contributed by atoms with Crippen molar-refractivity contribution < 1.29 is 17.9 Å². The average Bonchev–Trinajstić information content (AvgIpc) is 2.82. The lowest BCUT2D eigenvalue weighted by Gasteiger charge is -2.16. The summed E-state index contributed by atoms with van der Waals surface area (Å²) in [7, 11) is 0. The second-order valence-corrected chi connectivity index (χ2v) is 5.37. The van der Waals surface area contributed by atoms with Crippen LogP contribution in [0.5, 0.6) is 5.75 Å². The van der Waals surface area contributed by atoms with Crippen LogP contribution in [-0.2, 0) is 5.75 Å². The number of aromatic nitrogens is 2. The number of hydrogen-bond acceptors (Lipinski definition) is 5. The van der Waals surface area contributed by atoms with Crippen LogP contribution >= 0.6 is 24.0 Å². The maximum atomic E-state index is 13.5. The van der Waals surface area contributed by atoms with Gasteiger partial charge in [0.05, 0.1) is 5.75 Å². The lowest BCUT2D eigenvalue weighted by Crippen LogP contribution is -2.12. The minimum absolute atomic E-state index is 0.0219. The first-order valence-electron chi connectivity index (χ1n) is 5.86. The van der Waals surface area contributed by atoms with Gasteiger partial charge in [-0.15, -0.1) is 16.9 Å². The summed E-state index contributed by atoms with van der Waals surface area (Å²) in [6, 6.07) is 3.22. The van der Waals surface area contributed by atoms with Crippen LogP contribution in [-0.4, -0.2) is 15.6 Å². The van der Waals surface area contributed by atoms with Gasteiger partial charge in [-0.3, -0.25) is 0 Å². The van der Waals surface area contributed by atoms with E-state index in [0.29, 0.717) is 18.1 Å². The van der Waals surface area contributed by atoms with Gasteiger partial charge in [0.2, 0.25) is 5.89 Å². The summed E-state index contributed by atoms with van der Waals surface area (Å²) in [4.78, 5) is 0.208. The van der Waals surface area contributed by atoms with Crippen LogP contribution in [0.15, 0.2) is 22.6 Å². The van der Waals surface area contributed by atoms with E-state index < -0.39 is 11.6 Å². The van der Waals surface area contributed by atoms with Crippen LogP contribution in [0.3, 0.4) is 0 Å². The first-order chi connectivity index (χ1) is 9.58. The molecule has 1 N–H and O–H groups in total. The van der Waals surface area contributed by atoms with Crippen molar-refractivity contribution in [3.05, 3.63) is 40.6 Å². The van der Waals surface area contributed by atoms with Gasteiger partial charge in [-0.25, -0.2) is 13.9 Å². The Balaban J connectivity index is 1.96. The van der Waals surface area contributed by atoms with Crippen molar-refractivity contribution in [3.8, 4) is 5.75 Å². The molecule has 2 aromatic rings. The number of thioether (sulfide) groups is 1. The Hall–Kier alpha value is -1.41. The topological polar surface area (TPSA) is 51.0 Å². The van der Waals surface area contributed by atoms with Gasteiger partial charge in [-0.2, -0.15) is 0 Å². The first-order valence-corrected chi connectivity index (χ1v) is 7.32. The summed E-state index contributed by atoms with van der Waals surface area (Å²) in [5.74, 6) is -0.449. The summed E-state index contributed by atoms with van der Waals surface area (Å²) >= 11 is 6.16. The molecule has 0 aliphatic rings. The van der Waals surface area contributed by atoms with E-state index in [1.807, 2.05) is 6.92 Å². The van der Waals surface area contributed by atoms with E-state index in [9.17, 15) is 8.78 Å². The van der Waals surface area contributed by atoms with E-state index in [1.165, 1.54) is 17.8 Å². The second-order valence-electron chi connectivity index (χ2n) is 3.85. The van der Waals surface area contributed by atoms with Crippen molar-refractivity contribution in [1.82, 2.24) is 10.2 Å². The number of aromatic amines is 1. The highest BCUT2D eigenvalue weighted by atomic mass is 32.2. The van der Waals surface area contributed by atoms with E-state index >= 15 is 0 Å². The smallest absolute Gasteiger partial charge is 0.284 e. The number of nitrogens with zero attached hydrogens (tertiary/aromatic N) is 1. The number of halogens is 2. The number of ether oxygens (including phenoxy) is 1. The zero-order chi connectivity index (χ0) is 14.5. The molecule has 0 aliphatic heterocycles. The highest BCUT2D eigenvalue weighted by molar-refractivity contribution is 7.99. The van der Waals surface area contributed by atoms with E-state index in [2.05, 4.69) is 10.2 Å². The third-order valence-electron chi connectivity index (χ3n) is 2.36. The number of H-pyrrole nitrogens is 1. The molecule has 0 amide bonds. The molecule has 0 spiro atoms. The van der Waals surface area contributed by atoms with Crippen molar-refractivity contribution >= 4 is 24.0 Å². The van der Waals surface area contributed by atoms with E-state index in [4.69, 9.17) is 21.4 Å². The summed E-state index contributed by atoms with van der Waals surface area (Å²) in [6.07, 6.45) is 0.645. The monoisotopic (exact) mass is 318 g/mol. The van der Waals surface area contributed by atoms with Gasteiger partial charge in [0.15, 0.2) is 11.6 Å². The molecule has 20 heavy (non-hydrogen) atoms. The molecular formula is C12H12F2N2O2S2. The largest absolute Gasteiger partial charge is 0.477 e. The number of hydrogen-bond donors (Lipinski definition) is 1. The third-order valence-corrected chi connectivity index (χ3v) is 3.75.